The number of H-pyrrole nitrogens is 1. The van der Waals surface area contributed by atoms with Crippen molar-refractivity contribution in [1.82, 2.24) is 34.3 Å². The summed E-state index contributed by atoms with van der Waals surface area (Å²) in [6.07, 6.45) is 10.9. The first-order chi connectivity index (χ1) is 9.81. The minimum atomic E-state index is 0. The molecule has 8 heteroatoms. The van der Waals surface area contributed by atoms with Crippen LogP contribution >= 0.6 is 12.4 Å². The minimum Gasteiger partial charge on any atom is -0.285 e. The van der Waals surface area contributed by atoms with Gasteiger partial charge in [0.1, 0.15) is 11.5 Å². The van der Waals surface area contributed by atoms with E-state index >= 15 is 0 Å². The molecular weight excluding hydrogens is 290 g/mol. The molecule has 0 spiro atoms. The normalized spacial score (nSPS) is 10.7. The quantitative estimate of drug-likeness (QED) is 0.614. The highest BCUT2D eigenvalue weighted by atomic mass is 35.5. The van der Waals surface area contributed by atoms with Gasteiger partial charge in [0.05, 0.1) is 23.7 Å². The summed E-state index contributed by atoms with van der Waals surface area (Å²) >= 11 is 0. The number of hydrogen-bond donors (Lipinski definition) is 1. The van der Waals surface area contributed by atoms with Crippen LogP contribution in [0.1, 0.15) is 0 Å². The molecule has 7 nitrogen and oxygen atoms in total. The van der Waals surface area contributed by atoms with Crippen LogP contribution in [0, 0.1) is 0 Å². The van der Waals surface area contributed by atoms with Crippen LogP contribution in [0.2, 0.25) is 0 Å². The summed E-state index contributed by atoms with van der Waals surface area (Å²) in [7, 11) is 1.88. The molecule has 0 radical (unpaired) electrons. The molecule has 0 bridgehead atoms. The van der Waals surface area contributed by atoms with Gasteiger partial charge in [-0.25, -0.2) is 9.97 Å². The Balaban J connectivity index is 0.00000132. The van der Waals surface area contributed by atoms with Crippen molar-refractivity contribution >= 4 is 18.1 Å². The Bertz CT molecular complexity index is 875. The highest BCUT2D eigenvalue weighted by Gasteiger charge is 2.11. The van der Waals surface area contributed by atoms with E-state index in [0.717, 1.165) is 28.3 Å². The predicted molar refractivity (Wildman–Crippen MR) is 80.0 cm³/mol. The lowest BCUT2D eigenvalue weighted by molar-refractivity contribution is 0.768. The Morgan fingerprint density at radius 1 is 1.19 bits per heavy atom. The van der Waals surface area contributed by atoms with E-state index in [1.165, 1.54) is 0 Å². The Morgan fingerprint density at radius 2 is 2.10 bits per heavy atom. The number of nitrogens with zero attached hydrogens (tertiary/aromatic N) is 6. The van der Waals surface area contributed by atoms with E-state index < -0.39 is 0 Å². The van der Waals surface area contributed by atoms with Crippen molar-refractivity contribution in [3.63, 3.8) is 0 Å². The van der Waals surface area contributed by atoms with Crippen LogP contribution in [-0.2, 0) is 7.05 Å². The second-order valence-electron chi connectivity index (χ2n) is 4.51. The number of halogens is 1. The van der Waals surface area contributed by atoms with Gasteiger partial charge in [-0.1, -0.05) is 0 Å². The molecule has 0 atom stereocenters. The molecule has 4 heterocycles. The van der Waals surface area contributed by atoms with E-state index in [1.54, 1.807) is 23.3 Å². The highest BCUT2D eigenvalue weighted by Crippen LogP contribution is 2.23. The minimum absolute atomic E-state index is 0. The molecule has 0 aliphatic carbocycles. The molecule has 1 N–H and O–H groups in total. The second kappa shape index (κ2) is 5.02. The molecular formula is C13H12ClN7. The summed E-state index contributed by atoms with van der Waals surface area (Å²) in [5.74, 6) is 0.799. The summed E-state index contributed by atoms with van der Waals surface area (Å²) < 4.78 is 3.69. The Labute approximate surface area is 126 Å². The fourth-order valence-corrected chi connectivity index (χ4v) is 2.20. The van der Waals surface area contributed by atoms with Crippen LogP contribution in [0.25, 0.3) is 28.3 Å². The maximum Gasteiger partial charge on any atom is 0.149 e. The molecule has 106 valence electrons. The van der Waals surface area contributed by atoms with E-state index in [-0.39, 0.29) is 12.4 Å². The monoisotopic (exact) mass is 301 g/mol. The van der Waals surface area contributed by atoms with Gasteiger partial charge in [0.25, 0.3) is 0 Å². The number of rotatable bonds is 2. The predicted octanol–water partition coefficient (Wildman–Crippen LogP) is 1.94. The number of aromatic nitrogens is 7. The van der Waals surface area contributed by atoms with Gasteiger partial charge < -0.3 is 0 Å². The molecule has 4 aromatic heterocycles. The van der Waals surface area contributed by atoms with Crippen molar-refractivity contribution in [2.45, 2.75) is 0 Å². The zero-order valence-corrected chi connectivity index (χ0v) is 11.9. The Kier molecular flexibility index (Phi) is 3.19. The van der Waals surface area contributed by atoms with E-state index in [2.05, 4.69) is 20.3 Å². The van der Waals surface area contributed by atoms with Crippen LogP contribution in [0.3, 0.4) is 0 Å². The Hall–Kier alpha value is -2.67. The second-order valence-corrected chi connectivity index (χ2v) is 4.51. The van der Waals surface area contributed by atoms with Crippen molar-refractivity contribution in [2.75, 3.05) is 0 Å². The molecule has 0 aliphatic heterocycles. The number of fused-ring (bicyclic) bond motifs is 1. The lowest BCUT2D eigenvalue weighted by atomic mass is 10.2. The van der Waals surface area contributed by atoms with Crippen molar-refractivity contribution in [1.29, 1.82) is 0 Å². The molecule has 0 unspecified atom stereocenters. The number of aromatic amines is 1. The van der Waals surface area contributed by atoms with Crippen LogP contribution in [0.5, 0.6) is 0 Å². The molecule has 0 amide bonds. The number of aryl methyl sites for hydroxylation is 1. The van der Waals surface area contributed by atoms with E-state index in [9.17, 15) is 0 Å². The summed E-state index contributed by atoms with van der Waals surface area (Å²) in [6, 6.07) is 1.95. The van der Waals surface area contributed by atoms with Gasteiger partial charge in [-0.15, -0.1) is 12.4 Å². The van der Waals surface area contributed by atoms with Gasteiger partial charge in [-0.05, 0) is 0 Å². The largest absolute Gasteiger partial charge is 0.285 e. The first-order valence-corrected chi connectivity index (χ1v) is 6.13. The van der Waals surface area contributed by atoms with Crippen LogP contribution in [0.4, 0.5) is 0 Å². The van der Waals surface area contributed by atoms with E-state index in [1.807, 2.05) is 36.1 Å². The van der Waals surface area contributed by atoms with Gasteiger partial charge >= 0.3 is 0 Å². The average Bonchev–Trinajstić information content (AvgIpc) is 3.18. The molecule has 0 saturated heterocycles. The van der Waals surface area contributed by atoms with Crippen molar-refractivity contribution in [2.24, 2.45) is 7.05 Å². The fraction of sp³-hybridized carbons (Fsp3) is 0.0769. The third-order valence-corrected chi connectivity index (χ3v) is 3.15. The van der Waals surface area contributed by atoms with Gasteiger partial charge in [0.15, 0.2) is 0 Å². The van der Waals surface area contributed by atoms with Gasteiger partial charge in [-0.3, -0.25) is 14.2 Å². The Morgan fingerprint density at radius 3 is 2.81 bits per heavy atom. The topological polar surface area (TPSA) is 76.7 Å². The summed E-state index contributed by atoms with van der Waals surface area (Å²) in [6.45, 7) is 0. The van der Waals surface area contributed by atoms with Gasteiger partial charge in [0, 0.05) is 43.5 Å². The number of hydrogen-bond acceptors (Lipinski definition) is 4. The summed E-state index contributed by atoms with van der Waals surface area (Å²) in [5.41, 5.74) is 3.56. The van der Waals surface area contributed by atoms with Crippen molar-refractivity contribution in [3.8, 4) is 22.6 Å². The van der Waals surface area contributed by atoms with Gasteiger partial charge in [-0.2, -0.15) is 10.2 Å². The zero-order chi connectivity index (χ0) is 13.5. The standard InChI is InChI=1S/C13H11N7.ClH/c1-19-8-10(7-17-19)11-4-12-14-2-3-20(12)13(18-11)9-5-15-16-6-9;/h2-8H,1H3,(H,15,16);1H. The third kappa shape index (κ3) is 2.17. The smallest absolute Gasteiger partial charge is 0.149 e. The molecule has 0 fully saturated rings. The molecule has 0 aromatic carbocycles. The highest BCUT2D eigenvalue weighted by molar-refractivity contribution is 5.85. The zero-order valence-electron chi connectivity index (χ0n) is 11.1. The average molecular weight is 302 g/mol. The van der Waals surface area contributed by atoms with Crippen LogP contribution in [0.15, 0.2) is 43.2 Å². The van der Waals surface area contributed by atoms with Crippen LogP contribution in [-0.4, -0.2) is 34.3 Å². The van der Waals surface area contributed by atoms with Crippen molar-refractivity contribution < 1.29 is 0 Å². The summed E-state index contributed by atoms with van der Waals surface area (Å²) in [5, 5.41) is 11.0. The first-order valence-electron chi connectivity index (χ1n) is 6.13. The third-order valence-electron chi connectivity index (χ3n) is 3.15. The van der Waals surface area contributed by atoms with Crippen molar-refractivity contribution in [3.05, 3.63) is 43.2 Å². The maximum absolute atomic E-state index is 4.71. The maximum atomic E-state index is 4.71. The molecule has 21 heavy (non-hydrogen) atoms. The van der Waals surface area contributed by atoms with Crippen LogP contribution < -0.4 is 0 Å². The molecule has 4 aromatic rings. The lowest BCUT2D eigenvalue weighted by Gasteiger charge is -2.05. The number of nitrogens with one attached hydrogen (secondary N) is 1. The number of imidazole rings is 1. The van der Waals surface area contributed by atoms with Gasteiger partial charge in [0.2, 0.25) is 0 Å². The molecule has 0 aliphatic rings. The van der Waals surface area contributed by atoms with E-state index in [4.69, 9.17) is 4.98 Å². The SMILES string of the molecule is Cl.Cn1cc(-c2cc3nccn3c(-c3cn[nH]c3)n2)cn1. The fourth-order valence-electron chi connectivity index (χ4n) is 2.20. The molecule has 4 rings (SSSR count). The lowest BCUT2D eigenvalue weighted by Crippen LogP contribution is -1.96. The van der Waals surface area contributed by atoms with E-state index in [0.29, 0.717) is 0 Å². The first kappa shape index (κ1) is 13.3. The molecule has 0 saturated carbocycles. The summed E-state index contributed by atoms with van der Waals surface area (Å²) in [4.78, 5) is 9.06.